The SMILES string of the molecule is CCOC(=O)c1ccc(OCC(=O)N/N=C/c2cccc(Cl)c2)cc1. The fourth-order valence-electron chi connectivity index (χ4n) is 1.85. The molecule has 130 valence electrons. The molecule has 1 N–H and O–H groups in total. The van der Waals surface area contributed by atoms with Gasteiger partial charge in [-0.2, -0.15) is 5.10 Å². The Balaban J connectivity index is 1.78. The van der Waals surface area contributed by atoms with Crippen LogP contribution in [0.5, 0.6) is 5.75 Å². The van der Waals surface area contributed by atoms with E-state index >= 15 is 0 Å². The molecule has 0 atom stereocenters. The van der Waals surface area contributed by atoms with Crippen molar-refractivity contribution < 1.29 is 19.1 Å². The number of halogens is 1. The fraction of sp³-hybridized carbons (Fsp3) is 0.167. The van der Waals surface area contributed by atoms with Crippen LogP contribution in [0.3, 0.4) is 0 Å². The minimum Gasteiger partial charge on any atom is -0.484 e. The molecule has 1 amide bonds. The zero-order chi connectivity index (χ0) is 18.1. The van der Waals surface area contributed by atoms with E-state index in [1.807, 2.05) is 6.07 Å². The number of carbonyl (C=O) groups is 2. The van der Waals surface area contributed by atoms with Crippen LogP contribution in [-0.4, -0.2) is 31.3 Å². The van der Waals surface area contributed by atoms with Crippen molar-refractivity contribution in [2.75, 3.05) is 13.2 Å². The lowest BCUT2D eigenvalue weighted by Crippen LogP contribution is -2.24. The van der Waals surface area contributed by atoms with E-state index in [4.69, 9.17) is 21.1 Å². The second kappa shape index (κ2) is 9.44. The molecule has 2 aromatic carbocycles. The second-order valence-electron chi connectivity index (χ2n) is 4.88. The van der Waals surface area contributed by atoms with E-state index in [0.29, 0.717) is 22.9 Å². The molecular formula is C18H17ClN2O4. The van der Waals surface area contributed by atoms with Gasteiger partial charge in [-0.15, -0.1) is 0 Å². The lowest BCUT2D eigenvalue weighted by atomic mass is 10.2. The highest BCUT2D eigenvalue weighted by molar-refractivity contribution is 6.30. The molecule has 0 spiro atoms. The molecular weight excluding hydrogens is 344 g/mol. The van der Waals surface area contributed by atoms with Crippen LogP contribution in [-0.2, 0) is 9.53 Å². The average Bonchev–Trinajstić information content (AvgIpc) is 2.61. The number of amides is 1. The smallest absolute Gasteiger partial charge is 0.338 e. The number of hydrogen-bond acceptors (Lipinski definition) is 5. The van der Waals surface area contributed by atoms with E-state index < -0.39 is 11.9 Å². The Morgan fingerprint density at radius 2 is 1.96 bits per heavy atom. The summed E-state index contributed by atoms with van der Waals surface area (Å²) in [4.78, 5) is 23.2. The molecule has 2 rings (SSSR count). The largest absolute Gasteiger partial charge is 0.484 e. The Morgan fingerprint density at radius 3 is 2.64 bits per heavy atom. The number of ether oxygens (including phenoxy) is 2. The molecule has 0 aliphatic rings. The van der Waals surface area contributed by atoms with Crippen LogP contribution in [0, 0.1) is 0 Å². The summed E-state index contributed by atoms with van der Waals surface area (Å²) in [6.45, 7) is 1.85. The topological polar surface area (TPSA) is 77.0 Å². The van der Waals surface area contributed by atoms with Crippen molar-refractivity contribution in [1.82, 2.24) is 5.43 Å². The van der Waals surface area contributed by atoms with Crippen LogP contribution in [0.15, 0.2) is 53.6 Å². The van der Waals surface area contributed by atoms with Crippen molar-refractivity contribution >= 4 is 29.7 Å². The van der Waals surface area contributed by atoms with E-state index in [2.05, 4.69) is 10.5 Å². The molecule has 7 heteroatoms. The lowest BCUT2D eigenvalue weighted by molar-refractivity contribution is -0.123. The minimum absolute atomic E-state index is 0.203. The van der Waals surface area contributed by atoms with Gasteiger partial charge in [0.2, 0.25) is 0 Å². The number of hydrazone groups is 1. The highest BCUT2D eigenvalue weighted by Gasteiger charge is 2.07. The molecule has 0 bridgehead atoms. The van der Waals surface area contributed by atoms with Crippen molar-refractivity contribution in [2.24, 2.45) is 5.10 Å². The van der Waals surface area contributed by atoms with E-state index in [9.17, 15) is 9.59 Å². The molecule has 6 nitrogen and oxygen atoms in total. The number of carbonyl (C=O) groups excluding carboxylic acids is 2. The number of benzene rings is 2. The van der Waals surface area contributed by atoms with Crippen LogP contribution in [0.25, 0.3) is 0 Å². The first kappa shape index (κ1) is 18.5. The zero-order valence-electron chi connectivity index (χ0n) is 13.6. The van der Waals surface area contributed by atoms with Gasteiger partial charge >= 0.3 is 5.97 Å². The maximum atomic E-state index is 11.7. The summed E-state index contributed by atoms with van der Waals surface area (Å²) >= 11 is 5.85. The van der Waals surface area contributed by atoms with Crippen LogP contribution in [0.4, 0.5) is 0 Å². The van der Waals surface area contributed by atoms with Gasteiger partial charge in [0.05, 0.1) is 18.4 Å². The first-order valence-electron chi connectivity index (χ1n) is 7.56. The van der Waals surface area contributed by atoms with Crippen molar-refractivity contribution in [1.29, 1.82) is 0 Å². The van der Waals surface area contributed by atoms with E-state index in [0.717, 1.165) is 5.56 Å². The molecule has 2 aromatic rings. The number of rotatable bonds is 7. The van der Waals surface area contributed by atoms with Gasteiger partial charge in [0.15, 0.2) is 6.61 Å². The van der Waals surface area contributed by atoms with Crippen LogP contribution < -0.4 is 10.2 Å². The Kier molecular flexibility index (Phi) is 6.98. The van der Waals surface area contributed by atoms with Gasteiger partial charge < -0.3 is 9.47 Å². The van der Waals surface area contributed by atoms with Crippen LogP contribution >= 0.6 is 11.6 Å². The average molecular weight is 361 g/mol. The molecule has 0 aliphatic carbocycles. The third kappa shape index (κ3) is 6.27. The summed E-state index contributed by atoms with van der Waals surface area (Å²) in [6, 6.07) is 13.4. The standard InChI is InChI=1S/C18H17ClN2O4/c1-2-24-18(23)14-6-8-16(9-7-14)25-12-17(22)21-20-11-13-4-3-5-15(19)10-13/h3-11H,2,12H2,1H3,(H,21,22)/b20-11+. The number of esters is 1. The van der Waals surface area contributed by atoms with Gasteiger partial charge in [0.25, 0.3) is 5.91 Å². The van der Waals surface area contributed by atoms with Crippen molar-refractivity contribution in [3.63, 3.8) is 0 Å². The lowest BCUT2D eigenvalue weighted by Gasteiger charge is -2.06. The molecule has 0 saturated carbocycles. The highest BCUT2D eigenvalue weighted by atomic mass is 35.5. The maximum absolute atomic E-state index is 11.7. The highest BCUT2D eigenvalue weighted by Crippen LogP contribution is 2.13. The third-order valence-electron chi connectivity index (χ3n) is 2.99. The Morgan fingerprint density at radius 1 is 1.20 bits per heavy atom. The van der Waals surface area contributed by atoms with E-state index in [1.165, 1.54) is 6.21 Å². The van der Waals surface area contributed by atoms with Crippen LogP contribution in [0.1, 0.15) is 22.8 Å². The molecule has 0 heterocycles. The van der Waals surface area contributed by atoms with Crippen molar-refractivity contribution in [2.45, 2.75) is 6.92 Å². The summed E-state index contributed by atoms with van der Waals surface area (Å²) in [7, 11) is 0. The first-order valence-corrected chi connectivity index (χ1v) is 7.93. The molecule has 0 radical (unpaired) electrons. The van der Waals surface area contributed by atoms with Crippen LogP contribution in [0.2, 0.25) is 5.02 Å². The fourth-order valence-corrected chi connectivity index (χ4v) is 2.05. The normalized spacial score (nSPS) is 10.5. The van der Waals surface area contributed by atoms with Crippen molar-refractivity contribution in [3.8, 4) is 5.75 Å². The molecule has 0 aromatic heterocycles. The summed E-state index contributed by atoms with van der Waals surface area (Å²) in [5.74, 6) is -0.350. The number of nitrogens with one attached hydrogen (secondary N) is 1. The van der Waals surface area contributed by atoms with E-state index in [1.54, 1.807) is 49.4 Å². The summed E-state index contributed by atoms with van der Waals surface area (Å²) in [5.41, 5.74) is 3.54. The zero-order valence-corrected chi connectivity index (χ0v) is 14.3. The molecule has 0 aliphatic heterocycles. The van der Waals surface area contributed by atoms with Gasteiger partial charge in [-0.05, 0) is 48.9 Å². The van der Waals surface area contributed by atoms with Gasteiger partial charge in [-0.25, -0.2) is 10.2 Å². The quantitative estimate of drug-likeness (QED) is 0.467. The minimum atomic E-state index is -0.409. The number of hydrogen-bond donors (Lipinski definition) is 1. The van der Waals surface area contributed by atoms with Gasteiger partial charge in [-0.3, -0.25) is 4.79 Å². The van der Waals surface area contributed by atoms with Gasteiger partial charge in [0, 0.05) is 5.02 Å². The van der Waals surface area contributed by atoms with Crippen molar-refractivity contribution in [3.05, 3.63) is 64.7 Å². The Labute approximate surface area is 150 Å². The predicted molar refractivity (Wildman–Crippen MR) is 95.1 cm³/mol. The van der Waals surface area contributed by atoms with Gasteiger partial charge in [-0.1, -0.05) is 23.7 Å². The van der Waals surface area contributed by atoms with Gasteiger partial charge in [0.1, 0.15) is 5.75 Å². The molecule has 0 fully saturated rings. The summed E-state index contributed by atoms with van der Waals surface area (Å²) in [6.07, 6.45) is 1.48. The molecule has 25 heavy (non-hydrogen) atoms. The van der Waals surface area contributed by atoms with E-state index in [-0.39, 0.29) is 6.61 Å². The number of nitrogens with zero attached hydrogens (tertiary/aromatic N) is 1. The second-order valence-corrected chi connectivity index (χ2v) is 5.32. The summed E-state index contributed by atoms with van der Waals surface area (Å²) < 4.78 is 10.2. The monoisotopic (exact) mass is 360 g/mol. The Hall–Kier alpha value is -2.86. The summed E-state index contributed by atoms with van der Waals surface area (Å²) in [5, 5.41) is 4.42. The first-order chi connectivity index (χ1) is 12.1. The Bertz CT molecular complexity index is 760. The molecule has 0 unspecified atom stereocenters. The maximum Gasteiger partial charge on any atom is 0.338 e. The third-order valence-corrected chi connectivity index (χ3v) is 3.22. The molecule has 0 saturated heterocycles. The predicted octanol–water partition coefficient (Wildman–Crippen LogP) is 3.05.